The number of fused-ring (bicyclic) bond motifs is 1. The molecule has 0 fully saturated rings. The number of sulfonamides is 1. The fourth-order valence-corrected chi connectivity index (χ4v) is 6.38. The lowest BCUT2D eigenvalue weighted by molar-refractivity contribution is 0.102. The molecule has 0 bridgehead atoms. The first kappa shape index (κ1) is 20.6. The van der Waals surface area contributed by atoms with Crippen LogP contribution >= 0.6 is 11.3 Å². The normalized spacial score (nSPS) is 14.1. The highest BCUT2D eigenvalue weighted by Crippen LogP contribution is 2.30. The number of rotatable bonds is 5. The molecule has 0 spiro atoms. The summed E-state index contributed by atoms with van der Waals surface area (Å²) in [4.78, 5) is 17.4. The third-order valence-electron chi connectivity index (χ3n) is 5.29. The van der Waals surface area contributed by atoms with Gasteiger partial charge in [-0.2, -0.15) is 9.40 Å². The number of hydrogen-bond donors (Lipinski definition) is 1. The average Bonchev–Trinajstić information content (AvgIpc) is 3.52. The van der Waals surface area contributed by atoms with Crippen molar-refractivity contribution >= 4 is 33.0 Å². The van der Waals surface area contributed by atoms with Crippen molar-refractivity contribution in [3.8, 4) is 5.82 Å². The fourth-order valence-electron chi connectivity index (χ4n) is 3.67. The summed E-state index contributed by atoms with van der Waals surface area (Å²) in [5.74, 6) is 0.127. The summed E-state index contributed by atoms with van der Waals surface area (Å²) in [6, 6.07) is 14.5. The average molecular weight is 466 g/mol. The molecule has 4 aromatic rings. The van der Waals surface area contributed by atoms with E-state index in [9.17, 15) is 13.2 Å². The van der Waals surface area contributed by atoms with Crippen molar-refractivity contribution < 1.29 is 13.2 Å². The molecule has 0 unspecified atom stereocenters. The molecule has 1 aliphatic heterocycles. The molecule has 0 saturated heterocycles. The van der Waals surface area contributed by atoms with E-state index in [0.717, 1.165) is 22.5 Å². The van der Waals surface area contributed by atoms with E-state index in [1.165, 1.54) is 16.6 Å². The van der Waals surface area contributed by atoms with Gasteiger partial charge in [-0.25, -0.2) is 18.1 Å². The van der Waals surface area contributed by atoms with Crippen LogP contribution in [-0.4, -0.2) is 39.9 Å². The number of benzene rings is 1. The zero-order valence-corrected chi connectivity index (χ0v) is 18.5. The topological polar surface area (TPSA) is 97.2 Å². The van der Waals surface area contributed by atoms with Gasteiger partial charge in [0.2, 0.25) is 10.0 Å². The van der Waals surface area contributed by atoms with Crippen molar-refractivity contribution in [2.24, 2.45) is 0 Å². The predicted molar refractivity (Wildman–Crippen MR) is 121 cm³/mol. The van der Waals surface area contributed by atoms with Crippen LogP contribution in [0.4, 0.5) is 5.69 Å². The van der Waals surface area contributed by atoms with E-state index in [-0.39, 0.29) is 9.77 Å². The maximum absolute atomic E-state index is 13.3. The Bertz CT molecular complexity index is 1360. The van der Waals surface area contributed by atoms with Crippen molar-refractivity contribution in [3.63, 3.8) is 0 Å². The van der Waals surface area contributed by atoms with Gasteiger partial charge in [0, 0.05) is 25.5 Å². The lowest BCUT2D eigenvalue weighted by Gasteiger charge is -2.28. The highest BCUT2D eigenvalue weighted by atomic mass is 32.2. The number of carbonyl (C=O) groups excluding carboxylic acids is 1. The molecule has 8 nitrogen and oxygen atoms in total. The number of pyridine rings is 1. The van der Waals surface area contributed by atoms with E-state index in [1.807, 2.05) is 24.3 Å². The predicted octanol–water partition coefficient (Wildman–Crippen LogP) is 3.33. The van der Waals surface area contributed by atoms with Gasteiger partial charge in [0.1, 0.15) is 9.77 Å². The smallest absolute Gasteiger partial charge is 0.267 e. The number of anilines is 1. The molecule has 1 aliphatic rings. The maximum atomic E-state index is 13.3. The van der Waals surface area contributed by atoms with E-state index < -0.39 is 15.9 Å². The largest absolute Gasteiger partial charge is 0.320 e. The van der Waals surface area contributed by atoms with Gasteiger partial charge >= 0.3 is 0 Å². The molecule has 1 N–H and O–H groups in total. The van der Waals surface area contributed by atoms with Crippen LogP contribution in [-0.2, 0) is 23.0 Å². The van der Waals surface area contributed by atoms with Gasteiger partial charge in [-0.15, -0.1) is 11.3 Å². The van der Waals surface area contributed by atoms with Crippen LogP contribution in [0, 0.1) is 0 Å². The molecule has 0 radical (unpaired) electrons. The molecular weight excluding hydrogens is 446 g/mol. The maximum Gasteiger partial charge on any atom is 0.267 e. The van der Waals surface area contributed by atoms with Crippen LogP contribution in [0.1, 0.15) is 20.8 Å². The van der Waals surface area contributed by atoms with Crippen molar-refractivity contribution in [1.82, 2.24) is 19.1 Å². The molecule has 0 saturated carbocycles. The van der Waals surface area contributed by atoms with E-state index in [0.29, 0.717) is 31.0 Å². The summed E-state index contributed by atoms with van der Waals surface area (Å²) in [7, 11) is -3.81. The number of hydrogen-bond acceptors (Lipinski definition) is 6. The van der Waals surface area contributed by atoms with E-state index in [1.54, 1.807) is 40.7 Å². The highest BCUT2D eigenvalue weighted by Gasteiger charge is 2.32. The first-order valence-electron chi connectivity index (χ1n) is 9.94. The first-order valence-corrected chi connectivity index (χ1v) is 12.3. The van der Waals surface area contributed by atoms with E-state index >= 15 is 0 Å². The van der Waals surface area contributed by atoms with Gasteiger partial charge in [0.05, 0.1) is 11.9 Å². The summed E-state index contributed by atoms with van der Waals surface area (Å²) in [6.45, 7) is 0.684. The van der Waals surface area contributed by atoms with Gasteiger partial charge in [-0.05, 0) is 47.2 Å². The van der Waals surface area contributed by atoms with Crippen molar-refractivity contribution in [1.29, 1.82) is 0 Å². The van der Waals surface area contributed by atoms with E-state index in [2.05, 4.69) is 15.4 Å². The van der Waals surface area contributed by atoms with Crippen LogP contribution in [0.5, 0.6) is 0 Å². The molecule has 0 atom stereocenters. The molecule has 1 amide bonds. The second-order valence-corrected chi connectivity index (χ2v) is 10.1. The van der Waals surface area contributed by atoms with Gasteiger partial charge in [-0.3, -0.25) is 4.79 Å². The minimum atomic E-state index is -3.81. The first-order chi connectivity index (χ1) is 15.5. The third kappa shape index (κ3) is 3.83. The second-order valence-electron chi connectivity index (χ2n) is 7.28. The van der Waals surface area contributed by atoms with Crippen molar-refractivity contribution in [2.75, 3.05) is 11.9 Å². The minimum Gasteiger partial charge on any atom is -0.320 e. The lowest BCUT2D eigenvalue weighted by Crippen LogP contribution is -2.36. The standard InChI is InChI=1S/C22H19N5O3S2/c28-22(25-18-6-7-20(23-14-18)27-11-3-10-24-27)21-19(9-13-31-21)32(29,30)26-12-8-16-4-1-2-5-17(16)15-26/h1-7,9-11,13-14H,8,12,15H2,(H,25,28). The van der Waals surface area contributed by atoms with Gasteiger partial charge in [0.15, 0.2) is 5.82 Å². The Morgan fingerprint density at radius 2 is 1.91 bits per heavy atom. The summed E-state index contributed by atoms with van der Waals surface area (Å²) >= 11 is 1.10. The Labute approximate surface area is 189 Å². The van der Waals surface area contributed by atoms with Crippen LogP contribution < -0.4 is 5.32 Å². The molecule has 3 aromatic heterocycles. The Morgan fingerprint density at radius 3 is 2.66 bits per heavy atom. The summed E-state index contributed by atoms with van der Waals surface area (Å²) < 4.78 is 29.7. The van der Waals surface area contributed by atoms with E-state index in [4.69, 9.17) is 0 Å². The number of aromatic nitrogens is 3. The van der Waals surface area contributed by atoms with Gasteiger partial charge < -0.3 is 5.32 Å². The molecule has 5 rings (SSSR count). The van der Waals surface area contributed by atoms with Crippen LogP contribution in [0.25, 0.3) is 5.82 Å². The SMILES string of the molecule is O=C(Nc1ccc(-n2cccn2)nc1)c1sccc1S(=O)(=O)N1CCc2ccccc2C1. The Hall–Kier alpha value is -3.34. The highest BCUT2D eigenvalue weighted by molar-refractivity contribution is 7.89. The number of nitrogens with one attached hydrogen (secondary N) is 1. The number of amides is 1. The zero-order chi connectivity index (χ0) is 22.1. The van der Waals surface area contributed by atoms with Crippen LogP contribution in [0.3, 0.4) is 0 Å². The van der Waals surface area contributed by atoms with Crippen LogP contribution in [0.15, 0.2) is 77.4 Å². The molecular formula is C22H19N5O3S2. The number of thiophene rings is 1. The second kappa shape index (κ2) is 8.30. The van der Waals surface area contributed by atoms with Crippen molar-refractivity contribution in [3.05, 3.63) is 88.5 Å². The summed E-state index contributed by atoms with van der Waals surface area (Å²) in [5.41, 5.74) is 2.62. The molecule has 1 aromatic carbocycles. The quantitative estimate of drug-likeness (QED) is 0.488. The zero-order valence-electron chi connectivity index (χ0n) is 16.9. The molecule has 10 heteroatoms. The summed E-state index contributed by atoms with van der Waals surface area (Å²) in [6.07, 6.45) is 5.58. The Morgan fingerprint density at radius 1 is 1.06 bits per heavy atom. The fraction of sp³-hybridized carbons (Fsp3) is 0.136. The Balaban J connectivity index is 1.35. The number of nitrogens with zero attached hydrogens (tertiary/aromatic N) is 4. The third-order valence-corrected chi connectivity index (χ3v) is 8.22. The van der Waals surface area contributed by atoms with Gasteiger partial charge in [-0.1, -0.05) is 24.3 Å². The Kier molecular flexibility index (Phi) is 5.33. The minimum absolute atomic E-state index is 0.0282. The molecule has 162 valence electrons. The van der Waals surface area contributed by atoms with Gasteiger partial charge in [0.25, 0.3) is 5.91 Å². The lowest BCUT2D eigenvalue weighted by atomic mass is 10.0. The molecule has 4 heterocycles. The monoisotopic (exact) mass is 465 g/mol. The molecule has 32 heavy (non-hydrogen) atoms. The van der Waals surface area contributed by atoms with Crippen molar-refractivity contribution in [2.45, 2.75) is 17.9 Å². The number of carbonyl (C=O) groups is 1. The molecule has 0 aliphatic carbocycles. The summed E-state index contributed by atoms with van der Waals surface area (Å²) in [5, 5.41) is 8.48. The van der Waals surface area contributed by atoms with Crippen LogP contribution in [0.2, 0.25) is 0 Å².